The first-order valence-corrected chi connectivity index (χ1v) is 17.3. The Hall–Kier alpha value is -3.56. The summed E-state index contributed by atoms with van der Waals surface area (Å²) in [5.74, 6) is 0.198. The minimum atomic E-state index is -0.482. The molecule has 47 heavy (non-hydrogen) atoms. The Morgan fingerprint density at radius 2 is 1.57 bits per heavy atom. The molecule has 2 heterocycles. The van der Waals surface area contributed by atoms with E-state index in [2.05, 4.69) is 71.0 Å². The lowest BCUT2D eigenvalue weighted by Crippen LogP contribution is -2.45. The maximum Gasteiger partial charge on any atom is 0.220 e. The van der Waals surface area contributed by atoms with Crippen LogP contribution in [0, 0.1) is 5.92 Å². The summed E-state index contributed by atoms with van der Waals surface area (Å²) in [6.07, 6.45) is 6.29. The van der Waals surface area contributed by atoms with Gasteiger partial charge in [-0.15, -0.1) is 0 Å². The Morgan fingerprint density at radius 1 is 0.830 bits per heavy atom. The monoisotopic (exact) mass is 641 g/mol. The molecule has 0 saturated carbocycles. The van der Waals surface area contributed by atoms with E-state index in [1.165, 1.54) is 26.2 Å². The number of likely N-dealkylation sites (tertiary alicyclic amines) is 1. The number of benzene rings is 3. The fourth-order valence-electron chi connectivity index (χ4n) is 6.56. The number of aliphatic hydroxyl groups excluding tert-OH is 1. The summed E-state index contributed by atoms with van der Waals surface area (Å²) in [6.45, 7) is 8.04. The average molecular weight is 642 g/mol. The van der Waals surface area contributed by atoms with Gasteiger partial charge in [-0.05, 0) is 72.7 Å². The summed E-state index contributed by atoms with van der Waals surface area (Å²) < 4.78 is 13.4. The fraction of sp³-hybridized carbons (Fsp3) is 0.487. The molecule has 2 amide bonds. The number of carbonyl (C=O) groups is 2. The molecule has 2 aliphatic heterocycles. The van der Waals surface area contributed by atoms with Gasteiger partial charge in [0.2, 0.25) is 11.8 Å². The minimum Gasteiger partial charge on any atom is -0.392 e. The topological polar surface area (TPSA) is 100 Å². The third kappa shape index (κ3) is 10.2. The Balaban J connectivity index is 1.21. The molecule has 3 aromatic carbocycles. The zero-order valence-corrected chi connectivity index (χ0v) is 28.0. The van der Waals surface area contributed by atoms with Crippen molar-refractivity contribution in [2.45, 2.75) is 90.4 Å². The van der Waals surface area contributed by atoms with Crippen molar-refractivity contribution in [3.63, 3.8) is 0 Å². The smallest absolute Gasteiger partial charge is 0.220 e. The van der Waals surface area contributed by atoms with Gasteiger partial charge in [-0.1, -0.05) is 86.5 Å². The SMILES string of the molecule is CC(=O)NCCCCCC(=O)NCc1cccc(-c2ccc(C3OC(CN4CCCCC4)C(C)C(c4ccc(CO)cc4)O3)cc2)c1. The van der Waals surface area contributed by atoms with Crippen molar-refractivity contribution in [2.75, 3.05) is 26.2 Å². The number of amides is 2. The van der Waals surface area contributed by atoms with Crippen LogP contribution in [0.4, 0.5) is 0 Å². The zero-order valence-electron chi connectivity index (χ0n) is 28.0. The molecule has 252 valence electrons. The number of unbranched alkanes of at least 4 members (excludes halogenated alkanes) is 2. The number of ether oxygens (including phenoxy) is 2. The third-order valence-corrected chi connectivity index (χ3v) is 9.40. The van der Waals surface area contributed by atoms with Crippen LogP contribution in [-0.2, 0) is 32.2 Å². The predicted molar refractivity (Wildman–Crippen MR) is 184 cm³/mol. The standard InChI is InChI=1S/C39H51N3O5/c1-28-36(26-42-22-7-4-8-23-42)46-39(47-38(28)33-15-13-30(27-43)14-16-33)34-19-17-32(18-20-34)35-11-9-10-31(24-35)25-41-37(45)12-5-3-6-21-40-29(2)44/h9-11,13-20,24,28,36,38-39,43H,3-8,12,21-23,25-27H2,1-2H3,(H,40,44)(H,41,45). The second-order valence-electron chi connectivity index (χ2n) is 13.1. The van der Waals surface area contributed by atoms with Crippen molar-refractivity contribution in [3.05, 3.63) is 95.1 Å². The molecule has 0 aromatic heterocycles. The van der Waals surface area contributed by atoms with Crippen molar-refractivity contribution >= 4 is 11.8 Å². The van der Waals surface area contributed by atoms with Crippen LogP contribution < -0.4 is 10.6 Å². The molecule has 3 aromatic rings. The molecule has 2 aliphatic rings. The molecule has 5 rings (SSSR count). The van der Waals surface area contributed by atoms with Gasteiger partial charge in [0.25, 0.3) is 0 Å². The van der Waals surface area contributed by atoms with Crippen molar-refractivity contribution in [2.24, 2.45) is 5.92 Å². The van der Waals surface area contributed by atoms with Crippen LogP contribution in [0.1, 0.15) is 93.4 Å². The predicted octanol–water partition coefficient (Wildman–Crippen LogP) is 6.44. The molecule has 2 fully saturated rings. The zero-order chi connectivity index (χ0) is 33.0. The van der Waals surface area contributed by atoms with Crippen LogP contribution >= 0.6 is 0 Å². The fourth-order valence-corrected chi connectivity index (χ4v) is 6.56. The summed E-state index contributed by atoms with van der Waals surface area (Å²) in [7, 11) is 0. The summed E-state index contributed by atoms with van der Waals surface area (Å²) in [5, 5.41) is 15.4. The van der Waals surface area contributed by atoms with Gasteiger partial charge in [0.1, 0.15) is 0 Å². The van der Waals surface area contributed by atoms with Gasteiger partial charge in [-0.2, -0.15) is 0 Å². The number of hydrogen-bond acceptors (Lipinski definition) is 6. The Morgan fingerprint density at radius 3 is 2.30 bits per heavy atom. The van der Waals surface area contributed by atoms with Crippen LogP contribution in [0.15, 0.2) is 72.8 Å². The second kappa shape index (κ2) is 17.6. The largest absolute Gasteiger partial charge is 0.392 e. The first kappa shape index (κ1) is 34.8. The van der Waals surface area contributed by atoms with Gasteiger partial charge < -0.3 is 30.1 Å². The van der Waals surface area contributed by atoms with E-state index < -0.39 is 6.29 Å². The lowest BCUT2D eigenvalue weighted by molar-refractivity contribution is -0.276. The number of aliphatic hydroxyl groups is 1. The van der Waals surface area contributed by atoms with E-state index in [0.29, 0.717) is 19.5 Å². The van der Waals surface area contributed by atoms with Crippen LogP contribution in [0.3, 0.4) is 0 Å². The highest BCUT2D eigenvalue weighted by Crippen LogP contribution is 2.42. The minimum absolute atomic E-state index is 0.0180. The molecular weight excluding hydrogens is 590 g/mol. The van der Waals surface area contributed by atoms with Crippen molar-refractivity contribution in [3.8, 4) is 11.1 Å². The second-order valence-corrected chi connectivity index (χ2v) is 13.1. The van der Waals surface area contributed by atoms with E-state index in [1.54, 1.807) is 0 Å². The molecule has 2 saturated heterocycles. The Bertz CT molecular complexity index is 1420. The highest BCUT2D eigenvalue weighted by molar-refractivity contribution is 5.76. The highest BCUT2D eigenvalue weighted by Gasteiger charge is 2.39. The molecule has 4 atom stereocenters. The van der Waals surface area contributed by atoms with Gasteiger partial charge in [-0.25, -0.2) is 0 Å². The van der Waals surface area contributed by atoms with E-state index in [4.69, 9.17) is 9.47 Å². The number of piperidine rings is 1. The van der Waals surface area contributed by atoms with E-state index in [0.717, 1.165) is 72.3 Å². The van der Waals surface area contributed by atoms with E-state index in [1.807, 2.05) is 24.3 Å². The average Bonchev–Trinajstić information content (AvgIpc) is 3.10. The molecular formula is C39H51N3O5. The van der Waals surface area contributed by atoms with Gasteiger partial charge >= 0.3 is 0 Å². The first-order chi connectivity index (χ1) is 22.9. The molecule has 8 nitrogen and oxygen atoms in total. The van der Waals surface area contributed by atoms with E-state index >= 15 is 0 Å². The lowest BCUT2D eigenvalue weighted by atomic mass is 9.89. The van der Waals surface area contributed by atoms with Crippen molar-refractivity contribution < 1.29 is 24.2 Å². The maximum absolute atomic E-state index is 12.4. The van der Waals surface area contributed by atoms with E-state index in [9.17, 15) is 14.7 Å². The van der Waals surface area contributed by atoms with Gasteiger partial charge in [0.05, 0.1) is 18.8 Å². The first-order valence-electron chi connectivity index (χ1n) is 17.3. The molecule has 4 unspecified atom stereocenters. The third-order valence-electron chi connectivity index (χ3n) is 9.40. The molecule has 0 aliphatic carbocycles. The molecule has 0 radical (unpaired) electrons. The normalized spacial score (nSPS) is 21.7. The molecule has 0 bridgehead atoms. The van der Waals surface area contributed by atoms with Crippen molar-refractivity contribution in [1.29, 1.82) is 0 Å². The molecule has 3 N–H and O–H groups in total. The number of carbonyl (C=O) groups excluding carboxylic acids is 2. The molecule has 8 heteroatoms. The van der Waals surface area contributed by atoms with Crippen LogP contribution in [0.2, 0.25) is 0 Å². The highest BCUT2D eigenvalue weighted by atomic mass is 16.7. The summed E-state index contributed by atoms with van der Waals surface area (Å²) in [5.41, 5.74) is 6.21. The van der Waals surface area contributed by atoms with Crippen LogP contribution in [-0.4, -0.2) is 54.1 Å². The van der Waals surface area contributed by atoms with E-state index in [-0.39, 0.29) is 36.5 Å². The summed E-state index contributed by atoms with van der Waals surface area (Å²) in [4.78, 5) is 25.9. The van der Waals surface area contributed by atoms with Crippen LogP contribution in [0.25, 0.3) is 11.1 Å². The quantitative estimate of drug-likeness (QED) is 0.175. The Labute approximate surface area is 279 Å². The Kier molecular flexibility index (Phi) is 13.0. The summed E-state index contributed by atoms with van der Waals surface area (Å²) >= 11 is 0. The molecule has 0 spiro atoms. The van der Waals surface area contributed by atoms with Crippen LogP contribution in [0.5, 0.6) is 0 Å². The number of nitrogens with one attached hydrogen (secondary N) is 2. The summed E-state index contributed by atoms with van der Waals surface area (Å²) in [6, 6.07) is 24.8. The van der Waals surface area contributed by atoms with Gasteiger partial charge in [-0.3, -0.25) is 9.59 Å². The lowest BCUT2D eigenvalue weighted by Gasteiger charge is -2.43. The van der Waals surface area contributed by atoms with Gasteiger partial charge in [0.15, 0.2) is 6.29 Å². The number of rotatable bonds is 14. The number of hydrogen-bond donors (Lipinski definition) is 3. The number of nitrogens with zero attached hydrogens (tertiary/aromatic N) is 1. The van der Waals surface area contributed by atoms with Gasteiger partial charge in [0, 0.05) is 44.5 Å². The van der Waals surface area contributed by atoms with Crippen molar-refractivity contribution in [1.82, 2.24) is 15.5 Å². The maximum atomic E-state index is 12.4.